The summed E-state index contributed by atoms with van der Waals surface area (Å²) in [5, 5.41) is 13.7. The smallest absolute Gasteiger partial charge is 0.270 e. The number of rotatable bonds is 3. The normalized spacial score (nSPS) is 10.8. The molecule has 2 aromatic heterocycles. The van der Waals surface area contributed by atoms with Crippen molar-refractivity contribution in [3.05, 3.63) is 41.3 Å². The second-order valence-electron chi connectivity index (χ2n) is 4.33. The summed E-state index contributed by atoms with van der Waals surface area (Å²) < 4.78 is 5.25. The number of aromatic hydroxyl groups is 1. The minimum atomic E-state index is 0.235. The summed E-state index contributed by atoms with van der Waals surface area (Å²) in [6.45, 7) is 1.85. The van der Waals surface area contributed by atoms with Crippen molar-refractivity contribution in [2.45, 2.75) is 13.3 Å². The van der Waals surface area contributed by atoms with Gasteiger partial charge in [-0.25, -0.2) is 4.98 Å². The molecule has 0 spiro atoms. The van der Waals surface area contributed by atoms with E-state index in [1.165, 1.54) is 11.3 Å². The molecule has 0 fully saturated rings. The molecule has 0 aliphatic heterocycles. The Balaban J connectivity index is 1.83. The summed E-state index contributed by atoms with van der Waals surface area (Å²) in [6, 6.07) is 6.90. The second kappa shape index (κ2) is 4.93. The predicted molar refractivity (Wildman–Crippen MR) is 75.5 cm³/mol. The van der Waals surface area contributed by atoms with Crippen molar-refractivity contribution in [2.24, 2.45) is 0 Å². The third-order valence-electron chi connectivity index (χ3n) is 2.77. The van der Waals surface area contributed by atoms with Crippen molar-refractivity contribution in [3.63, 3.8) is 0 Å². The maximum absolute atomic E-state index is 9.24. The fourth-order valence-corrected chi connectivity index (χ4v) is 2.59. The SMILES string of the molecule is Cc1nc(N)sc1-c1nc(Cc2ccc(O)cc2)no1. The van der Waals surface area contributed by atoms with E-state index in [1.54, 1.807) is 12.1 Å². The van der Waals surface area contributed by atoms with Crippen LogP contribution in [0.1, 0.15) is 17.1 Å². The Kier molecular flexibility index (Phi) is 3.11. The highest BCUT2D eigenvalue weighted by molar-refractivity contribution is 7.18. The maximum Gasteiger partial charge on any atom is 0.270 e. The van der Waals surface area contributed by atoms with Crippen LogP contribution < -0.4 is 5.73 Å². The van der Waals surface area contributed by atoms with E-state index in [9.17, 15) is 5.11 Å². The Morgan fingerprint density at radius 1 is 1.25 bits per heavy atom. The van der Waals surface area contributed by atoms with Gasteiger partial charge >= 0.3 is 0 Å². The van der Waals surface area contributed by atoms with Crippen molar-refractivity contribution in [2.75, 3.05) is 5.73 Å². The molecule has 7 heteroatoms. The Morgan fingerprint density at radius 3 is 2.65 bits per heavy atom. The van der Waals surface area contributed by atoms with Gasteiger partial charge in [0, 0.05) is 6.42 Å². The molecule has 0 unspecified atom stereocenters. The molecule has 20 heavy (non-hydrogen) atoms. The van der Waals surface area contributed by atoms with Crippen LogP contribution >= 0.6 is 11.3 Å². The molecule has 0 aliphatic rings. The molecule has 0 saturated carbocycles. The average molecular weight is 288 g/mol. The van der Waals surface area contributed by atoms with Gasteiger partial charge in [-0.1, -0.05) is 28.6 Å². The average Bonchev–Trinajstić information content (AvgIpc) is 2.99. The monoisotopic (exact) mass is 288 g/mol. The Bertz CT molecular complexity index is 733. The molecule has 2 heterocycles. The van der Waals surface area contributed by atoms with Gasteiger partial charge in [0.15, 0.2) is 11.0 Å². The van der Waals surface area contributed by atoms with Gasteiger partial charge in [-0.2, -0.15) is 4.98 Å². The fraction of sp³-hybridized carbons (Fsp3) is 0.154. The molecule has 3 aromatic rings. The number of phenols is 1. The summed E-state index contributed by atoms with van der Waals surface area (Å²) in [6.07, 6.45) is 0.539. The highest BCUT2D eigenvalue weighted by Gasteiger charge is 2.15. The third kappa shape index (κ3) is 2.48. The van der Waals surface area contributed by atoms with Crippen molar-refractivity contribution < 1.29 is 9.63 Å². The number of phenolic OH excluding ortho intramolecular Hbond substituents is 1. The zero-order valence-corrected chi connectivity index (χ0v) is 11.5. The van der Waals surface area contributed by atoms with Crippen LogP contribution in [-0.2, 0) is 6.42 Å². The van der Waals surface area contributed by atoms with Crippen molar-refractivity contribution in [3.8, 4) is 16.5 Å². The molecule has 0 amide bonds. The van der Waals surface area contributed by atoms with Crippen molar-refractivity contribution in [1.82, 2.24) is 15.1 Å². The predicted octanol–water partition coefficient (Wildman–Crippen LogP) is 2.38. The highest BCUT2D eigenvalue weighted by atomic mass is 32.1. The number of aryl methyl sites for hydroxylation is 1. The van der Waals surface area contributed by atoms with E-state index in [2.05, 4.69) is 15.1 Å². The van der Waals surface area contributed by atoms with Gasteiger partial charge in [-0.3, -0.25) is 0 Å². The molecule has 0 radical (unpaired) electrons. The van der Waals surface area contributed by atoms with Gasteiger partial charge in [-0.15, -0.1) is 0 Å². The van der Waals surface area contributed by atoms with E-state index >= 15 is 0 Å². The topological polar surface area (TPSA) is 98.1 Å². The first-order chi connectivity index (χ1) is 9.61. The first-order valence-electron chi connectivity index (χ1n) is 5.95. The van der Waals surface area contributed by atoms with Gasteiger partial charge < -0.3 is 15.4 Å². The lowest BCUT2D eigenvalue weighted by Gasteiger charge is -1.96. The Morgan fingerprint density at radius 2 is 2.00 bits per heavy atom. The molecule has 102 valence electrons. The zero-order valence-electron chi connectivity index (χ0n) is 10.7. The van der Waals surface area contributed by atoms with Crippen LogP contribution in [0.25, 0.3) is 10.8 Å². The largest absolute Gasteiger partial charge is 0.508 e. The number of nitrogens with two attached hydrogens (primary N) is 1. The molecule has 3 N–H and O–H groups in total. The van der Waals surface area contributed by atoms with E-state index in [-0.39, 0.29) is 5.75 Å². The number of nitrogens with zero attached hydrogens (tertiary/aromatic N) is 3. The third-order valence-corrected chi connectivity index (χ3v) is 3.75. The van der Waals surface area contributed by atoms with E-state index in [4.69, 9.17) is 10.3 Å². The summed E-state index contributed by atoms with van der Waals surface area (Å²) >= 11 is 1.33. The number of nitrogen functional groups attached to an aromatic ring is 1. The van der Waals surface area contributed by atoms with Gasteiger partial charge in [0.25, 0.3) is 5.89 Å². The summed E-state index contributed by atoms with van der Waals surface area (Å²) in [5.41, 5.74) is 7.44. The van der Waals surface area contributed by atoms with Gasteiger partial charge in [0.05, 0.1) is 5.69 Å². The van der Waals surface area contributed by atoms with Crippen molar-refractivity contribution >= 4 is 16.5 Å². The molecular formula is C13H12N4O2S. The molecule has 0 saturated heterocycles. The van der Waals surface area contributed by atoms with Crippen LogP contribution in [0, 0.1) is 6.92 Å². The molecular weight excluding hydrogens is 276 g/mol. The summed E-state index contributed by atoms with van der Waals surface area (Å²) in [7, 11) is 0. The lowest BCUT2D eigenvalue weighted by molar-refractivity contribution is 0.424. The maximum atomic E-state index is 9.24. The van der Waals surface area contributed by atoms with Crippen LogP contribution in [0.15, 0.2) is 28.8 Å². The van der Waals surface area contributed by atoms with Crippen LogP contribution in [0.4, 0.5) is 5.13 Å². The molecule has 0 aliphatic carbocycles. The van der Waals surface area contributed by atoms with Crippen LogP contribution in [0.3, 0.4) is 0 Å². The van der Waals surface area contributed by atoms with Gasteiger partial charge in [0.2, 0.25) is 0 Å². The van der Waals surface area contributed by atoms with E-state index in [1.807, 2.05) is 19.1 Å². The first-order valence-corrected chi connectivity index (χ1v) is 6.77. The zero-order chi connectivity index (χ0) is 14.1. The summed E-state index contributed by atoms with van der Waals surface area (Å²) in [5.74, 6) is 1.25. The fourth-order valence-electron chi connectivity index (χ4n) is 1.83. The first kappa shape index (κ1) is 12.6. The number of hydrogen-bond acceptors (Lipinski definition) is 7. The van der Waals surface area contributed by atoms with Crippen LogP contribution in [0.2, 0.25) is 0 Å². The Labute approximate surface area is 118 Å². The lowest BCUT2D eigenvalue weighted by atomic mass is 10.1. The Hall–Kier alpha value is -2.41. The minimum Gasteiger partial charge on any atom is -0.508 e. The number of thiazole rings is 1. The van der Waals surface area contributed by atoms with Gasteiger partial charge in [-0.05, 0) is 24.6 Å². The van der Waals surface area contributed by atoms with Gasteiger partial charge in [0.1, 0.15) is 10.6 Å². The summed E-state index contributed by atoms with van der Waals surface area (Å²) in [4.78, 5) is 9.28. The highest BCUT2D eigenvalue weighted by Crippen LogP contribution is 2.30. The molecule has 3 rings (SSSR count). The minimum absolute atomic E-state index is 0.235. The molecule has 0 atom stereocenters. The van der Waals surface area contributed by atoms with Crippen LogP contribution in [-0.4, -0.2) is 20.2 Å². The standard InChI is InChI=1S/C13H12N4O2S/c1-7-11(20-13(14)15-7)12-16-10(17-19-12)6-8-2-4-9(18)5-3-8/h2-5,18H,6H2,1H3,(H2,14,15). The van der Waals surface area contributed by atoms with E-state index < -0.39 is 0 Å². The number of anilines is 1. The second-order valence-corrected chi connectivity index (χ2v) is 5.36. The van der Waals surface area contributed by atoms with Crippen molar-refractivity contribution in [1.29, 1.82) is 0 Å². The number of aromatic nitrogens is 3. The van der Waals surface area contributed by atoms with E-state index in [0.717, 1.165) is 16.1 Å². The van der Waals surface area contributed by atoms with Crippen LogP contribution in [0.5, 0.6) is 5.75 Å². The molecule has 0 bridgehead atoms. The molecule has 1 aromatic carbocycles. The molecule has 6 nitrogen and oxygen atoms in total. The number of hydrogen-bond donors (Lipinski definition) is 2. The van der Waals surface area contributed by atoms with E-state index in [0.29, 0.717) is 23.3 Å². The number of benzene rings is 1. The lowest BCUT2D eigenvalue weighted by Crippen LogP contribution is -1.90. The quantitative estimate of drug-likeness (QED) is 0.767.